The number of hydrogen-bond donors (Lipinski definition) is 0. The van der Waals surface area contributed by atoms with E-state index in [1.54, 1.807) is 11.1 Å². The van der Waals surface area contributed by atoms with E-state index in [4.69, 9.17) is 0 Å². The van der Waals surface area contributed by atoms with Crippen molar-refractivity contribution in [1.82, 2.24) is 0 Å². The number of benzene rings is 3. The zero-order valence-corrected chi connectivity index (χ0v) is 12.9. The lowest BCUT2D eigenvalue weighted by Crippen LogP contribution is -2.03. The fraction of sp³-hybridized carbons (Fsp3) is 0.222. The minimum absolute atomic E-state index is 1.25. The maximum Gasteiger partial charge on any atom is 0.0209 e. The second kappa shape index (κ2) is 4.48. The molecule has 94 valence electrons. The van der Waals surface area contributed by atoms with Crippen molar-refractivity contribution in [2.24, 2.45) is 0 Å². The fourth-order valence-electron chi connectivity index (χ4n) is 3.39. The van der Waals surface area contributed by atoms with Crippen molar-refractivity contribution in [1.29, 1.82) is 0 Å². The van der Waals surface area contributed by atoms with Gasteiger partial charge in [0.15, 0.2) is 0 Å². The van der Waals surface area contributed by atoms with E-state index >= 15 is 0 Å². The Bertz CT molecular complexity index is 786. The molecule has 0 spiro atoms. The largest absolute Gasteiger partial charge is 0.0606 e. The molecule has 0 aromatic heterocycles. The average Bonchev–Trinajstić information content (AvgIpc) is 2.47. The summed E-state index contributed by atoms with van der Waals surface area (Å²) < 4.78 is 1.34. The first-order chi connectivity index (χ1) is 9.34. The molecule has 0 heterocycles. The Morgan fingerprint density at radius 3 is 2.37 bits per heavy atom. The molecule has 4 rings (SSSR count). The van der Waals surface area contributed by atoms with Gasteiger partial charge in [0.2, 0.25) is 0 Å². The summed E-state index contributed by atoms with van der Waals surface area (Å²) in [5, 5.41) is 5.69. The highest BCUT2D eigenvalue weighted by molar-refractivity contribution is 14.1. The van der Waals surface area contributed by atoms with Crippen LogP contribution in [0.2, 0.25) is 0 Å². The maximum atomic E-state index is 2.43. The van der Waals surface area contributed by atoms with Crippen LogP contribution < -0.4 is 0 Å². The summed E-state index contributed by atoms with van der Waals surface area (Å²) >= 11 is 2.43. The van der Waals surface area contributed by atoms with Gasteiger partial charge in [-0.1, -0.05) is 36.4 Å². The maximum absolute atomic E-state index is 2.43. The predicted octanol–water partition coefficient (Wildman–Crippen LogP) is 5.48. The van der Waals surface area contributed by atoms with E-state index < -0.39 is 0 Å². The molecule has 0 aliphatic heterocycles. The van der Waals surface area contributed by atoms with Crippen molar-refractivity contribution in [2.75, 3.05) is 0 Å². The van der Waals surface area contributed by atoms with Crippen LogP contribution in [0.15, 0.2) is 42.5 Å². The zero-order chi connectivity index (χ0) is 12.8. The minimum Gasteiger partial charge on any atom is -0.0606 e. The second-order valence-corrected chi connectivity index (χ2v) is 6.57. The van der Waals surface area contributed by atoms with Gasteiger partial charge in [0.25, 0.3) is 0 Å². The first-order valence-electron chi connectivity index (χ1n) is 6.96. The van der Waals surface area contributed by atoms with Crippen LogP contribution in [0.1, 0.15) is 24.0 Å². The second-order valence-electron chi connectivity index (χ2n) is 5.41. The molecule has 1 aliphatic carbocycles. The fourth-order valence-corrected chi connectivity index (χ4v) is 4.07. The lowest BCUT2D eigenvalue weighted by atomic mass is 9.86. The van der Waals surface area contributed by atoms with Gasteiger partial charge in [0, 0.05) is 3.57 Å². The molecular weight excluding hydrogens is 343 g/mol. The molecule has 1 aliphatic rings. The molecule has 0 saturated carbocycles. The predicted molar refractivity (Wildman–Crippen MR) is 90.8 cm³/mol. The molecule has 0 N–H and O–H groups in total. The number of halogens is 1. The molecular formula is C18H15I. The Morgan fingerprint density at radius 2 is 1.42 bits per heavy atom. The Labute approximate surface area is 127 Å². The van der Waals surface area contributed by atoms with Crippen molar-refractivity contribution in [2.45, 2.75) is 25.7 Å². The van der Waals surface area contributed by atoms with Crippen molar-refractivity contribution in [3.05, 3.63) is 57.2 Å². The van der Waals surface area contributed by atoms with Gasteiger partial charge >= 0.3 is 0 Å². The summed E-state index contributed by atoms with van der Waals surface area (Å²) in [6, 6.07) is 15.9. The van der Waals surface area contributed by atoms with Gasteiger partial charge in [0.1, 0.15) is 0 Å². The Morgan fingerprint density at radius 1 is 0.684 bits per heavy atom. The molecule has 3 aromatic carbocycles. The van der Waals surface area contributed by atoms with Crippen molar-refractivity contribution < 1.29 is 0 Å². The smallest absolute Gasteiger partial charge is 0.0209 e. The highest BCUT2D eigenvalue weighted by atomic mass is 127. The van der Waals surface area contributed by atoms with E-state index in [0.29, 0.717) is 0 Å². The standard InChI is InChI=1S/C18H15I/c19-18-7-3-6-14-16-9-8-12-4-1-2-5-13(12)15(16)10-11-17(14)18/h3,6-11H,1-2,4-5H2. The summed E-state index contributed by atoms with van der Waals surface area (Å²) in [5.74, 6) is 0. The van der Waals surface area contributed by atoms with Crippen LogP contribution in [-0.4, -0.2) is 0 Å². The van der Waals surface area contributed by atoms with E-state index in [-0.39, 0.29) is 0 Å². The first-order valence-corrected chi connectivity index (χ1v) is 8.04. The Balaban J connectivity index is 2.15. The minimum atomic E-state index is 1.25. The van der Waals surface area contributed by atoms with Gasteiger partial charge in [-0.2, -0.15) is 0 Å². The molecule has 0 atom stereocenters. The molecule has 0 bridgehead atoms. The van der Waals surface area contributed by atoms with Crippen LogP contribution >= 0.6 is 22.6 Å². The monoisotopic (exact) mass is 358 g/mol. The molecule has 0 saturated heterocycles. The Hall–Kier alpha value is -1.09. The van der Waals surface area contributed by atoms with E-state index in [0.717, 1.165) is 0 Å². The third-order valence-electron chi connectivity index (χ3n) is 4.34. The zero-order valence-electron chi connectivity index (χ0n) is 10.7. The summed E-state index contributed by atoms with van der Waals surface area (Å²) in [4.78, 5) is 0. The molecule has 3 aromatic rings. The summed E-state index contributed by atoms with van der Waals surface area (Å²) in [7, 11) is 0. The van der Waals surface area contributed by atoms with Crippen LogP contribution in [0.5, 0.6) is 0 Å². The molecule has 19 heavy (non-hydrogen) atoms. The van der Waals surface area contributed by atoms with E-state index in [9.17, 15) is 0 Å². The number of hydrogen-bond acceptors (Lipinski definition) is 0. The van der Waals surface area contributed by atoms with Gasteiger partial charge in [0.05, 0.1) is 0 Å². The molecule has 0 unspecified atom stereocenters. The lowest BCUT2D eigenvalue weighted by molar-refractivity contribution is 0.690. The molecule has 0 fully saturated rings. The van der Waals surface area contributed by atoms with Gasteiger partial charge in [-0.15, -0.1) is 0 Å². The van der Waals surface area contributed by atoms with Crippen LogP contribution in [0.4, 0.5) is 0 Å². The SMILES string of the molecule is Ic1cccc2c1ccc1c3c(ccc12)CCCC3. The van der Waals surface area contributed by atoms with Crippen LogP contribution in [-0.2, 0) is 12.8 Å². The third-order valence-corrected chi connectivity index (χ3v) is 5.28. The normalized spacial score (nSPS) is 14.8. The van der Waals surface area contributed by atoms with Gasteiger partial charge < -0.3 is 0 Å². The molecule has 0 amide bonds. The van der Waals surface area contributed by atoms with Crippen molar-refractivity contribution in [3.8, 4) is 0 Å². The molecule has 1 heteroatoms. The van der Waals surface area contributed by atoms with Gasteiger partial charge in [-0.05, 0) is 87.0 Å². The van der Waals surface area contributed by atoms with E-state index in [1.165, 1.54) is 50.8 Å². The number of rotatable bonds is 0. The molecule has 0 nitrogen and oxygen atoms in total. The highest BCUT2D eigenvalue weighted by Crippen LogP contribution is 2.34. The number of aryl methyl sites for hydroxylation is 2. The Kier molecular flexibility index (Phi) is 2.76. The highest BCUT2D eigenvalue weighted by Gasteiger charge is 2.13. The number of fused-ring (bicyclic) bond motifs is 5. The summed E-state index contributed by atoms with van der Waals surface area (Å²) in [5.41, 5.74) is 3.17. The van der Waals surface area contributed by atoms with Crippen molar-refractivity contribution in [3.63, 3.8) is 0 Å². The van der Waals surface area contributed by atoms with E-state index in [1.807, 2.05) is 0 Å². The third kappa shape index (κ3) is 1.78. The first kappa shape index (κ1) is 11.7. The van der Waals surface area contributed by atoms with Crippen molar-refractivity contribution >= 4 is 44.1 Å². The summed E-state index contributed by atoms with van der Waals surface area (Å²) in [6.07, 6.45) is 5.21. The summed E-state index contributed by atoms with van der Waals surface area (Å²) in [6.45, 7) is 0. The lowest BCUT2D eigenvalue weighted by Gasteiger charge is -2.18. The van der Waals surface area contributed by atoms with Crippen LogP contribution in [0.25, 0.3) is 21.5 Å². The van der Waals surface area contributed by atoms with Crippen LogP contribution in [0, 0.1) is 3.57 Å². The van der Waals surface area contributed by atoms with E-state index in [2.05, 4.69) is 65.1 Å². The van der Waals surface area contributed by atoms with Gasteiger partial charge in [-0.25, -0.2) is 0 Å². The molecule has 0 radical (unpaired) electrons. The topological polar surface area (TPSA) is 0 Å². The average molecular weight is 358 g/mol. The van der Waals surface area contributed by atoms with Crippen LogP contribution in [0.3, 0.4) is 0 Å². The van der Waals surface area contributed by atoms with Gasteiger partial charge in [-0.3, -0.25) is 0 Å². The quantitative estimate of drug-likeness (QED) is 0.369.